The minimum atomic E-state index is -0.530. The van der Waals surface area contributed by atoms with Gasteiger partial charge < -0.3 is 14.7 Å². The van der Waals surface area contributed by atoms with E-state index in [0.29, 0.717) is 43.3 Å². The second-order valence-corrected chi connectivity index (χ2v) is 9.18. The van der Waals surface area contributed by atoms with Crippen molar-refractivity contribution in [3.8, 4) is 0 Å². The summed E-state index contributed by atoms with van der Waals surface area (Å²) in [5.74, 6) is -0.560. The van der Waals surface area contributed by atoms with E-state index in [1.54, 1.807) is 17.9 Å². The SMILES string of the molecule is CCCCN1C(=O)c2ccccc2C(C(=O)N2CCN(C(C)=O)CC2)C1c1cccc(Cl)c1. The molecule has 1 fully saturated rings. The van der Waals surface area contributed by atoms with Crippen molar-refractivity contribution in [2.24, 2.45) is 0 Å². The van der Waals surface area contributed by atoms with E-state index in [1.165, 1.54) is 0 Å². The number of piperazine rings is 1. The van der Waals surface area contributed by atoms with Gasteiger partial charge in [0.15, 0.2) is 0 Å². The first-order valence-corrected chi connectivity index (χ1v) is 12.0. The molecule has 0 radical (unpaired) electrons. The molecule has 33 heavy (non-hydrogen) atoms. The van der Waals surface area contributed by atoms with E-state index >= 15 is 0 Å². The number of halogens is 1. The molecular formula is C26H30ClN3O3. The van der Waals surface area contributed by atoms with Crippen LogP contribution in [0.3, 0.4) is 0 Å². The third kappa shape index (κ3) is 4.62. The highest BCUT2D eigenvalue weighted by atomic mass is 35.5. The fraction of sp³-hybridized carbons (Fsp3) is 0.423. The summed E-state index contributed by atoms with van der Waals surface area (Å²) >= 11 is 6.34. The van der Waals surface area contributed by atoms with Crippen LogP contribution >= 0.6 is 11.6 Å². The summed E-state index contributed by atoms with van der Waals surface area (Å²) in [5, 5.41) is 0.579. The topological polar surface area (TPSA) is 60.9 Å². The molecule has 2 heterocycles. The lowest BCUT2D eigenvalue weighted by molar-refractivity contribution is -0.140. The molecule has 2 unspecified atom stereocenters. The van der Waals surface area contributed by atoms with Gasteiger partial charge in [-0.25, -0.2) is 0 Å². The Kier molecular flexibility index (Phi) is 7.03. The van der Waals surface area contributed by atoms with Crippen molar-refractivity contribution >= 4 is 29.3 Å². The van der Waals surface area contributed by atoms with Crippen molar-refractivity contribution in [3.63, 3.8) is 0 Å². The number of amides is 3. The Morgan fingerprint density at radius 3 is 2.36 bits per heavy atom. The first-order valence-electron chi connectivity index (χ1n) is 11.6. The third-order valence-electron chi connectivity index (χ3n) is 6.68. The third-order valence-corrected chi connectivity index (χ3v) is 6.92. The summed E-state index contributed by atoms with van der Waals surface area (Å²) in [6.45, 7) is 6.24. The monoisotopic (exact) mass is 467 g/mol. The molecule has 2 aromatic carbocycles. The van der Waals surface area contributed by atoms with Gasteiger partial charge in [0.05, 0.1) is 12.0 Å². The average Bonchev–Trinajstić information content (AvgIpc) is 2.83. The van der Waals surface area contributed by atoms with E-state index in [2.05, 4.69) is 6.92 Å². The number of carbonyl (C=O) groups is 3. The molecule has 0 saturated carbocycles. The zero-order chi connectivity index (χ0) is 23.5. The maximum Gasteiger partial charge on any atom is 0.254 e. The molecule has 0 aromatic heterocycles. The van der Waals surface area contributed by atoms with Crippen molar-refractivity contribution in [2.75, 3.05) is 32.7 Å². The first kappa shape index (κ1) is 23.3. The van der Waals surface area contributed by atoms with E-state index in [0.717, 1.165) is 24.0 Å². The van der Waals surface area contributed by atoms with E-state index < -0.39 is 12.0 Å². The van der Waals surface area contributed by atoms with Gasteiger partial charge in [0.25, 0.3) is 5.91 Å². The van der Waals surface area contributed by atoms with Gasteiger partial charge in [-0.05, 0) is 35.7 Å². The van der Waals surface area contributed by atoms with Gasteiger partial charge in [-0.3, -0.25) is 14.4 Å². The van der Waals surface area contributed by atoms with Gasteiger partial charge >= 0.3 is 0 Å². The van der Waals surface area contributed by atoms with Crippen molar-refractivity contribution in [2.45, 2.75) is 38.6 Å². The number of rotatable bonds is 5. The van der Waals surface area contributed by atoms with Crippen LogP contribution in [0.4, 0.5) is 0 Å². The highest BCUT2D eigenvalue weighted by molar-refractivity contribution is 6.30. The van der Waals surface area contributed by atoms with Crippen molar-refractivity contribution < 1.29 is 14.4 Å². The fourth-order valence-electron chi connectivity index (χ4n) is 4.93. The Balaban J connectivity index is 1.78. The van der Waals surface area contributed by atoms with Gasteiger partial charge in [-0.1, -0.05) is 55.3 Å². The first-order chi connectivity index (χ1) is 15.9. The fourth-order valence-corrected chi connectivity index (χ4v) is 5.13. The number of benzene rings is 2. The second kappa shape index (κ2) is 9.96. The van der Waals surface area contributed by atoms with Gasteiger partial charge in [0.2, 0.25) is 11.8 Å². The molecule has 0 bridgehead atoms. The molecule has 4 rings (SSSR count). The Bertz CT molecular complexity index is 1050. The normalized spacial score (nSPS) is 20.6. The summed E-state index contributed by atoms with van der Waals surface area (Å²) in [4.78, 5) is 44.8. The molecule has 2 aromatic rings. The van der Waals surface area contributed by atoms with Crippen molar-refractivity contribution in [3.05, 3.63) is 70.2 Å². The Morgan fingerprint density at radius 2 is 1.70 bits per heavy atom. The van der Waals surface area contributed by atoms with E-state index in [-0.39, 0.29) is 17.7 Å². The minimum Gasteiger partial charge on any atom is -0.339 e. The summed E-state index contributed by atoms with van der Waals surface area (Å²) in [7, 11) is 0. The Morgan fingerprint density at radius 1 is 1.00 bits per heavy atom. The molecule has 2 aliphatic rings. The minimum absolute atomic E-state index is 0.00961. The van der Waals surface area contributed by atoms with Gasteiger partial charge in [-0.15, -0.1) is 0 Å². The molecule has 6 nitrogen and oxygen atoms in total. The maximum absolute atomic E-state index is 14.0. The number of hydrogen-bond donors (Lipinski definition) is 0. The molecule has 1 saturated heterocycles. The van der Waals surface area contributed by atoms with E-state index in [1.807, 2.05) is 52.3 Å². The molecule has 2 atom stereocenters. The van der Waals surface area contributed by atoms with Gasteiger partial charge in [0.1, 0.15) is 0 Å². The average molecular weight is 468 g/mol. The van der Waals surface area contributed by atoms with Gasteiger partial charge in [-0.2, -0.15) is 0 Å². The maximum atomic E-state index is 14.0. The zero-order valence-electron chi connectivity index (χ0n) is 19.2. The summed E-state index contributed by atoms with van der Waals surface area (Å²) in [5.41, 5.74) is 2.22. The largest absolute Gasteiger partial charge is 0.339 e. The predicted molar refractivity (Wildman–Crippen MR) is 128 cm³/mol. The van der Waals surface area contributed by atoms with Crippen LogP contribution in [0.15, 0.2) is 48.5 Å². The molecule has 174 valence electrons. The summed E-state index contributed by atoms with van der Waals surface area (Å²) in [6, 6.07) is 14.5. The number of unbranched alkanes of at least 4 members (excludes halogenated alkanes) is 1. The van der Waals surface area contributed by atoms with Crippen LogP contribution in [-0.2, 0) is 9.59 Å². The van der Waals surface area contributed by atoms with Crippen LogP contribution in [0, 0.1) is 0 Å². The zero-order valence-corrected chi connectivity index (χ0v) is 19.9. The van der Waals surface area contributed by atoms with Crippen LogP contribution < -0.4 is 0 Å². The number of carbonyl (C=O) groups excluding carboxylic acids is 3. The lowest BCUT2D eigenvalue weighted by Crippen LogP contribution is -2.54. The van der Waals surface area contributed by atoms with Crippen LogP contribution in [0.25, 0.3) is 0 Å². The molecule has 0 aliphatic carbocycles. The van der Waals surface area contributed by atoms with Crippen LogP contribution in [-0.4, -0.2) is 65.1 Å². The molecule has 0 N–H and O–H groups in total. The second-order valence-electron chi connectivity index (χ2n) is 8.75. The lowest BCUT2D eigenvalue weighted by Gasteiger charge is -2.44. The standard InChI is InChI=1S/C26H30ClN3O3/c1-3-4-12-30-24(19-8-7-9-20(27)17-19)23(21-10-5-6-11-22(21)25(30)32)26(33)29-15-13-28(14-16-29)18(2)31/h5-11,17,23-24H,3-4,12-16H2,1-2H3. The molecule has 7 heteroatoms. The smallest absolute Gasteiger partial charge is 0.254 e. The number of nitrogens with zero attached hydrogens (tertiary/aromatic N) is 3. The molecule has 0 spiro atoms. The lowest BCUT2D eigenvalue weighted by atomic mass is 9.78. The van der Waals surface area contributed by atoms with Crippen LogP contribution in [0.2, 0.25) is 5.02 Å². The highest BCUT2D eigenvalue weighted by Crippen LogP contribution is 2.44. The van der Waals surface area contributed by atoms with Crippen LogP contribution in [0.1, 0.15) is 60.1 Å². The van der Waals surface area contributed by atoms with Gasteiger partial charge in [0, 0.05) is 50.2 Å². The Labute approximate surface area is 200 Å². The van der Waals surface area contributed by atoms with E-state index in [9.17, 15) is 14.4 Å². The quantitative estimate of drug-likeness (QED) is 0.664. The van der Waals surface area contributed by atoms with Crippen molar-refractivity contribution in [1.29, 1.82) is 0 Å². The number of fused-ring (bicyclic) bond motifs is 1. The summed E-state index contributed by atoms with van der Waals surface area (Å²) in [6.07, 6.45) is 1.79. The van der Waals surface area contributed by atoms with Crippen LogP contribution in [0.5, 0.6) is 0 Å². The number of hydrogen-bond acceptors (Lipinski definition) is 3. The molecule has 2 aliphatic heterocycles. The highest BCUT2D eigenvalue weighted by Gasteiger charge is 2.45. The molecular weight excluding hydrogens is 438 g/mol. The predicted octanol–water partition coefficient (Wildman–Crippen LogP) is 4.11. The van der Waals surface area contributed by atoms with Crippen molar-refractivity contribution in [1.82, 2.24) is 14.7 Å². The van der Waals surface area contributed by atoms with E-state index in [4.69, 9.17) is 11.6 Å². The Hall–Kier alpha value is -2.86. The molecule has 3 amide bonds. The summed E-state index contributed by atoms with van der Waals surface area (Å²) < 4.78 is 0.